The number of carbonyl (C=O) groups is 1. The minimum absolute atomic E-state index is 0.00689. The Hall–Kier alpha value is -2.25. The van der Waals surface area contributed by atoms with Gasteiger partial charge >= 0.3 is 0 Å². The van der Waals surface area contributed by atoms with Gasteiger partial charge in [0.2, 0.25) is 5.91 Å². The Labute approximate surface area is 128 Å². The monoisotopic (exact) mass is 303 g/mol. The zero-order valence-corrected chi connectivity index (χ0v) is 13.0. The van der Waals surface area contributed by atoms with Crippen LogP contribution in [0.4, 0.5) is 0 Å². The number of amides is 1. The molecule has 1 unspecified atom stereocenters. The lowest BCUT2D eigenvalue weighted by Gasteiger charge is -2.14. The molecule has 0 fully saturated rings. The standard InChI is InChI=1S/C14H21N7O/c1-10-11(2)20(9-16-10)8-6-15-14(22)12-5-3-4-7-21-13(12)17-18-19-21/h9,12H,3-8H2,1-2H3,(H,15,22). The lowest BCUT2D eigenvalue weighted by molar-refractivity contribution is -0.122. The second kappa shape index (κ2) is 6.25. The Kier molecular flexibility index (Phi) is 4.17. The largest absolute Gasteiger partial charge is 0.354 e. The van der Waals surface area contributed by atoms with Gasteiger partial charge in [0.05, 0.1) is 17.9 Å². The lowest BCUT2D eigenvalue weighted by atomic mass is 10.0. The van der Waals surface area contributed by atoms with E-state index >= 15 is 0 Å². The number of hydrogen-bond acceptors (Lipinski definition) is 5. The smallest absolute Gasteiger partial charge is 0.230 e. The molecule has 3 rings (SSSR count). The van der Waals surface area contributed by atoms with E-state index in [-0.39, 0.29) is 11.8 Å². The summed E-state index contributed by atoms with van der Waals surface area (Å²) < 4.78 is 3.80. The van der Waals surface area contributed by atoms with Crippen LogP contribution in [0.25, 0.3) is 0 Å². The molecular formula is C14H21N7O. The van der Waals surface area contributed by atoms with Crippen molar-refractivity contribution in [1.82, 2.24) is 35.1 Å². The van der Waals surface area contributed by atoms with Crippen LogP contribution in [0.15, 0.2) is 6.33 Å². The predicted molar refractivity (Wildman–Crippen MR) is 79.1 cm³/mol. The van der Waals surface area contributed by atoms with Crippen molar-refractivity contribution in [2.45, 2.75) is 52.1 Å². The van der Waals surface area contributed by atoms with Gasteiger partial charge in [0.15, 0.2) is 5.82 Å². The van der Waals surface area contributed by atoms with Crippen molar-refractivity contribution < 1.29 is 4.79 Å². The summed E-state index contributed by atoms with van der Waals surface area (Å²) in [6.07, 6.45) is 4.62. The van der Waals surface area contributed by atoms with Gasteiger partial charge in [0, 0.05) is 25.3 Å². The minimum atomic E-state index is -0.247. The summed E-state index contributed by atoms with van der Waals surface area (Å²) in [7, 11) is 0. The third-order valence-electron chi connectivity index (χ3n) is 4.30. The van der Waals surface area contributed by atoms with Gasteiger partial charge in [-0.1, -0.05) is 6.42 Å². The van der Waals surface area contributed by atoms with Crippen LogP contribution in [0, 0.1) is 13.8 Å². The van der Waals surface area contributed by atoms with Crippen molar-refractivity contribution >= 4 is 5.91 Å². The first-order valence-corrected chi connectivity index (χ1v) is 7.69. The van der Waals surface area contributed by atoms with Gasteiger partial charge in [-0.25, -0.2) is 9.67 Å². The molecule has 0 aliphatic carbocycles. The summed E-state index contributed by atoms with van der Waals surface area (Å²) in [5.74, 6) is 0.445. The molecule has 2 aromatic rings. The number of aromatic nitrogens is 6. The Balaban J connectivity index is 1.59. The van der Waals surface area contributed by atoms with Crippen LogP contribution in [0.1, 0.15) is 42.4 Å². The van der Waals surface area contributed by atoms with Gasteiger partial charge in [0.1, 0.15) is 0 Å². The van der Waals surface area contributed by atoms with Gasteiger partial charge < -0.3 is 9.88 Å². The van der Waals surface area contributed by atoms with Crippen LogP contribution >= 0.6 is 0 Å². The SMILES string of the molecule is Cc1ncn(CCNC(=O)C2CCCCn3nnnc32)c1C. The molecule has 1 N–H and O–H groups in total. The molecule has 8 heteroatoms. The van der Waals surface area contributed by atoms with Crippen molar-refractivity contribution in [3.63, 3.8) is 0 Å². The van der Waals surface area contributed by atoms with Crippen LogP contribution in [-0.4, -0.2) is 42.2 Å². The molecule has 1 amide bonds. The van der Waals surface area contributed by atoms with Crippen molar-refractivity contribution in [1.29, 1.82) is 0 Å². The van der Waals surface area contributed by atoms with Gasteiger partial charge in [-0.3, -0.25) is 4.79 Å². The van der Waals surface area contributed by atoms with Crippen LogP contribution in [0.3, 0.4) is 0 Å². The average Bonchev–Trinajstić information content (AvgIpc) is 3.03. The number of aryl methyl sites for hydroxylation is 2. The maximum atomic E-state index is 12.4. The highest BCUT2D eigenvalue weighted by molar-refractivity contribution is 5.82. The maximum absolute atomic E-state index is 12.4. The molecular weight excluding hydrogens is 282 g/mol. The fourth-order valence-corrected chi connectivity index (χ4v) is 2.80. The zero-order valence-electron chi connectivity index (χ0n) is 13.0. The number of fused-ring (bicyclic) bond motifs is 1. The topological polar surface area (TPSA) is 90.5 Å². The van der Waals surface area contributed by atoms with Gasteiger partial charge in [0.25, 0.3) is 0 Å². The number of rotatable bonds is 4. The van der Waals surface area contributed by atoms with E-state index in [2.05, 4.69) is 25.8 Å². The molecule has 0 radical (unpaired) electrons. The van der Waals surface area contributed by atoms with E-state index in [0.29, 0.717) is 12.4 Å². The molecule has 0 bridgehead atoms. The quantitative estimate of drug-likeness (QED) is 0.891. The molecule has 3 heterocycles. The second-order valence-electron chi connectivity index (χ2n) is 5.71. The highest BCUT2D eigenvalue weighted by atomic mass is 16.1. The molecule has 8 nitrogen and oxygen atoms in total. The van der Waals surface area contributed by atoms with Crippen LogP contribution in [-0.2, 0) is 17.9 Å². The van der Waals surface area contributed by atoms with Gasteiger partial charge in [-0.2, -0.15) is 0 Å². The Bertz CT molecular complexity index is 660. The number of nitrogens with one attached hydrogen (secondary N) is 1. The van der Waals surface area contributed by atoms with Crippen molar-refractivity contribution in [3.05, 3.63) is 23.5 Å². The van der Waals surface area contributed by atoms with Crippen LogP contribution in [0.2, 0.25) is 0 Å². The Morgan fingerprint density at radius 1 is 1.41 bits per heavy atom. The summed E-state index contributed by atoms with van der Waals surface area (Å²) in [5, 5.41) is 14.7. The Morgan fingerprint density at radius 2 is 2.27 bits per heavy atom. The van der Waals surface area contributed by atoms with Crippen molar-refractivity contribution in [3.8, 4) is 0 Å². The number of imidazole rings is 1. The molecule has 22 heavy (non-hydrogen) atoms. The first kappa shape index (κ1) is 14.7. The summed E-state index contributed by atoms with van der Waals surface area (Å²) in [4.78, 5) is 16.7. The summed E-state index contributed by atoms with van der Waals surface area (Å²) in [6, 6.07) is 0. The third-order valence-corrected chi connectivity index (χ3v) is 4.30. The molecule has 118 valence electrons. The highest BCUT2D eigenvalue weighted by Gasteiger charge is 2.28. The molecule has 0 aromatic carbocycles. The predicted octanol–water partition coefficient (Wildman–Crippen LogP) is 0.570. The number of carbonyl (C=O) groups excluding carboxylic acids is 1. The Morgan fingerprint density at radius 3 is 3.05 bits per heavy atom. The number of nitrogens with zero attached hydrogens (tertiary/aromatic N) is 6. The van der Waals surface area contributed by atoms with E-state index in [1.165, 1.54) is 0 Å². The summed E-state index contributed by atoms with van der Waals surface area (Å²) in [5.41, 5.74) is 2.15. The van der Waals surface area contributed by atoms with Crippen molar-refractivity contribution in [2.24, 2.45) is 0 Å². The van der Waals surface area contributed by atoms with Crippen LogP contribution in [0.5, 0.6) is 0 Å². The second-order valence-corrected chi connectivity index (χ2v) is 5.71. The fourth-order valence-electron chi connectivity index (χ4n) is 2.80. The molecule has 1 aliphatic rings. The molecule has 1 atom stereocenters. The maximum Gasteiger partial charge on any atom is 0.230 e. The van der Waals surface area contributed by atoms with E-state index in [1.807, 2.05) is 24.7 Å². The van der Waals surface area contributed by atoms with Gasteiger partial charge in [-0.05, 0) is 37.1 Å². The molecule has 0 saturated carbocycles. The summed E-state index contributed by atoms with van der Waals surface area (Å²) >= 11 is 0. The highest BCUT2D eigenvalue weighted by Crippen LogP contribution is 2.23. The lowest BCUT2D eigenvalue weighted by Crippen LogP contribution is -2.33. The van der Waals surface area contributed by atoms with E-state index < -0.39 is 0 Å². The minimum Gasteiger partial charge on any atom is -0.354 e. The van der Waals surface area contributed by atoms with Gasteiger partial charge in [-0.15, -0.1) is 5.10 Å². The molecule has 0 spiro atoms. The van der Waals surface area contributed by atoms with E-state index in [9.17, 15) is 4.79 Å². The zero-order chi connectivity index (χ0) is 15.5. The van der Waals surface area contributed by atoms with Crippen molar-refractivity contribution in [2.75, 3.05) is 6.54 Å². The van der Waals surface area contributed by atoms with Crippen LogP contribution < -0.4 is 5.32 Å². The third kappa shape index (κ3) is 2.86. The molecule has 2 aromatic heterocycles. The first-order chi connectivity index (χ1) is 10.7. The normalized spacial score (nSPS) is 17.8. The number of hydrogen-bond donors (Lipinski definition) is 1. The molecule has 0 saturated heterocycles. The van der Waals surface area contributed by atoms with E-state index in [1.54, 1.807) is 4.68 Å². The van der Waals surface area contributed by atoms with E-state index in [0.717, 1.165) is 43.7 Å². The number of tetrazole rings is 1. The fraction of sp³-hybridized carbons (Fsp3) is 0.643. The van der Waals surface area contributed by atoms with E-state index in [4.69, 9.17) is 0 Å². The first-order valence-electron chi connectivity index (χ1n) is 7.69. The average molecular weight is 303 g/mol. The molecule has 1 aliphatic heterocycles. The summed E-state index contributed by atoms with van der Waals surface area (Å²) in [6.45, 7) is 6.10.